The monoisotopic (exact) mass is 842 g/mol. The Balaban J connectivity index is 0.000000242. The molecule has 0 bridgehead atoms. The van der Waals surface area contributed by atoms with E-state index in [1.807, 2.05) is 51.1 Å². The molecule has 1 aliphatic carbocycles. The Morgan fingerprint density at radius 1 is 1.02 bits per heavy atom. The van der Waals surface area contributed by atoms with E-state index in [-0.39, 0.29) is 23.0 Å². The third kappa shape index (κ3) is 10.7. The third-order valence-electron chi connectivity index (χ3n) is 10.1. The number of benzene rings is 4. The molecule has 1 heterocycles. The molecule has 0 spiro atoms. The molecular formula is C46H46Cl3FN4O4. The zero-order valence-electron chi connectivity index (χ0n) is 33.4. The van der Waals surface area contributed by atoms with Crippen molar-refractivity contribution in [1.82, 2.24) is 15.1 Å². The zero-order chi connectivity index (χ0) is 42.4. The number of hydrogen-bond donors (Lipinski definition) is 1. The number of ether oxygens (including phenoxy) is 2. The minimum atomic E-state index is -1.21. The van der Waals surface area contributed by atoms with Gasteiger partial charge in [0, 0.05) is 29.2 Å². The number of nitrogens with one attached hydrogen (secondary N) is 1. The van der Waals surface area contributed by atoms with Gasteiger partial charge in [-0.05, 0) is 76.3 Å². The number of aryl methyl sites for hydroxylation is 2. The van der Waals surface area contributed by atoms with Crippen molar-refractivity contribution >= 4 is 51.7 Å². The van der Waals surface area contributed by atoms with Crippen LogP contribution in [0.3, 0.4) is 0 Å². The first-order valence-corrected chi connectivity index (χ1v) is 19.9. The molecule has 1 N–H and O–H groups in total. The summed E-state index contributed by atoms with van der Waals surface area (Å²) in [5, 5.41) is 18.4. The molecule has 5 aromatic rings. The smallest absolute Gasteiger partial charge is 0.311 e. The zero-order valence-corrected chi connectivity index (χ0v) is 35.7. The molecular weight excluding hydrogens is 798 g/mol. The Kier molecular flexibility index (Phi) is 14.1. The van der Waals surface area contributed by atoms with Gasteiger partial charge in [0.25, 0.3) is 5.91 Å². The lowest BCUT2D eigenvalue weighted by atomic mass is 9.87. The highest BCUT2D eigenvalue weighted by molar-refractivity contribution is 6.48. The molecule has 58 heavy (non-hydrogen) atoms. The number of carbonyl (C=O) groups excluding carboxylic acids is 2. The van der Waals surface area contributed by atoms with Crippen LogP contribution >= 0.6 is 34.8 Å². The standard InChI is InChI=1S/C28H22Cl2FNO3.C18H24ClN3O/c1-28(2)21(15-22(30)17-8-11-19(29)12-9-17)26(28)27(33)35-25(16-32)18-10-13-23(31)24(14-18)34-20-6-4-3-5-7-20;1-6-14-15(19)16(22(5)21-14)17(23)20-11-12-7-9-13(10-8-12)18(2,3)4/h3-15,21,25-26H,1-2H3;7-10H,6,11H2,1-5H3,(H,20,23)/b22-15-;. The topological polar surface area (TPSA) is 106 Å². The van der Waals surface area contributed by atoms with Gasteiger partial charge in [-0.2, -0.15) is 10.4 Å². The van der Waals surface area contributed by atoms with Crippen molar-refractivity contribution in [2.75, 3.05) is 0 Å². The number of carbonyl (C=O) groups is 2. The second-order valence-electron chi connectivity index (χ2n) is 15.6. The van der Waals surface area contributed by atoms with Crippen LogP contribution in [0.4, 0.5) is 4.39 Å². The average molecular weight is 844 g/mol. The van der Waals surface area contributed by atoms with Crippen LogP contribution in [0.2, 0.25) is 10.0 Å². The molecule has 1 aromatic heterocycles. The molecule has 12 heteroatoms. The normalized spacial score (nSPS) is 16.3. The summed E-state index contributed by atoms with van der Waals surface area (Å²) < 4.78 is 27.0. The van der Waals surface area contributed by atoms with Gasteiger partial charge < -0.3 is 14.8 Å². The minimum absolute atomic E-state index is 0.0627. The molecule has 4 aromatic carbocycles. The van der Waals surface area contributed by atoms with E-state index in [0.29, 0.717) is 45.1 Å². The fraction of sp³-hybridized carbons (Fsp3) is 0.304. The van der Waals surface area contributed by atoms with Crippen molar-refractivity contribution in [3.63, 3.8) is 0 Å². The third-order valence-corrected chi connectivity index (χ3v) is 11.1. The van der Waals surface area contributed by atoms with E-state index in [0.717, 1.165) is 16.8 Å². The molecule has 0 radical (unpaired) electrons. The van der Waals surface area contributed by atoms with Gasteiger partial charge in [-0.3, -0.25) is 14.3 Å². The Morgan fingerprint density at radius 3 is 2.26 bits per heavy atom. The van der Waals surface area contributed by atoms with Crippen molar-refractivity contribution in [2.45, 2.75) is 66.0 Å². The molecule has 8 nitrogen and oxygen atoms in total. The van der Waals surface area contributed by atoms with Crippen LogP contribution in [0, 0.1) is 34.4 Å². The summed E-state index contributed by atoms with van der Waals surface area (Å²) in [4.78, 5) is 25.4. The summed E-state index contributed by atoms with van der Waals surface area (Å²) in [6, 6.07) is 30.0. The highest BCUT2D eigenvalue weighted by Gasteiger charge is 2.62. The number of halogens is 4. The first-order chi connectivity index (χ1) is 27.4. The van der Waals surface area contributed by atoms with Crippen LogP contribution < -0.4 is 10.1 Å². The molecule has 3 unspecified atom stereocenters. The summed E-state index contributed by atoms with van der Waals surface area (Å²) >= 11 is 18.7. The lowest BCUT2D eigenvalue weighted by molar-refractivity contribution is -0.149. The highest BCUT2D eigenvalue weighted by atomic mass is 35.5. The van der Waals surface area contributed by atoms with E-state index in [1.165, 1.54) is 23.8 Å². The summed E-state index contributed by atoms with van der Waals surface area (Å²) in [6.07, 6.45) is 1.32. The largest absolute Gasteiger partial charge is 0.454 e. The fourth-order valence-electron chi connectivity index (χ4n) is 6.45. The predicted octanol–water partition coefficient (Wildman–Crippen LogP) is 11.8. The van der Waals surface area contributed by atoms with Crippen LogP contribution in [-0.4, -0.2) is 21.7 Å². The quantitative estimate of drug-likeness (QED) is 0.133. The van der Waals surface area contributed by atoms with E-state index in [4.69, 9.17) is 44.3 Å². The molecule has 1 aliphatic rings. The van der Waals surface area contributed by atoms with Crippen molar-refractivity contribution in [3.8, 4) is 17.6 Å². The van der Waals surface area contributed by atoms with Crippen molar-refractivity contribution < 1.29 is 23.5 Å². The van der Waals surface area contributed by atoms with Crippen molar-refractivity contribution in [1.29, 1.82) is 5.26 Å². The number of hydrogen-bond acceptors (Lipinski definition) is 6. The second kappa shape index (κ2) is 18.6. The number of amides is 1. The number of nitrogens with zero attached hydrogens (tertiary/aromatic N) is 3. The molecule has 1 amide bonds. The van der Waals surface area contributed by atoms with E-state index in [1.54, 1.807) is 60.3 Å². The van der Waals surface area contributed by atoms with Gasteiger partial charge in [0.05, 0.1) is 16.6 Å². The predicted molar refractivity (Wildman–Crippen MR) is 227 cm³/mol. The number of rotatable bonds is 11. The average Bonchev–Trinajstić information content (AvgIpc) is 3.60. The van der Waals surface area contributed by atoms with Gasteiger partial charge in [0.1, 0.15) is 17.5 Å². The Labute approximate surface area is 354 Å². The van der Waals surface area contributed by atoms with Crippen LogP contribution in [0.15, 0.2) is 103 Å². The van der Waals surface area contributed by atoms with Crippen LogP contribution in [0.25, 0.3) is 5.03 Å². The van der Waals surface area contributed by atoms with Gasteiger partial charge in [-0.15, -0.1) is 0 Å². The second-order valence-corrected chi connectivity index (χ2v) is 16.8. The van der Waals surface area contributed by atoms with Gasteiger partial charge >= 0.3 is 5.97 Å². The molecule has 302 valence electrons. The van der Waals surface area contributed by atoms with Crippen LogP contribution in [0.5, 0.6) is 11.5 Å². The van der Waals surface area contributed by atoms with Crippen LogP contribution in [0.1, 0.15) is 86.1 Å². The number of para-hydroxylation sites is 1. The molecule has 0 saturated heterocycles. The molecule has 6 rings (SSSR count). The molecule has 1 saturated carbocycles. The minimum Gasteiger partial charge on any atom is -0.454 e. The maximum Gasteiger partial charge on any atom is 0.311 e. The van der Waals surface area contributed by atoms with E-state index < -0.39 is 29.2 Å². The lowest BCUT2D eigenvalue weighted by Crippen LogP contribution is -2.25. The molecule has 3 atom stereocenters. The van der Waals surface area contributed by atoms with Gasteiger partial charge in [0.2, 0.25) is 6.10 Å². The maximum absolute atomic E-state index is 14.3. The fourth-order valence-corrected chi connectivity index (χ4v) is 7.22. The highest BCUT2D eigenvalue weighted by Crippen LogP contribution is 2.60. The van der Waals surface area contributed by atoms with E-state index >= 15 is 0 Å². The summed E-state index contributed by atoms with van der Waals surface area (Å²) in [5.74, 6) is -1.57. The van der Waals surface area contributed by atoms with Gasteiger partial charge in [0.15, 0.2) is 11.6 Å². The van der Waals surface area contributed by atoms with E-state index in [2.05, 4.69) is 43.3 Å². The first kappa shape index (κ1) is 44.0. The number of aromatic nitrogens is 2. The molecule has 0 aliphatic heterocycles. The Bertz CT molecular complexity index is 2310. The lowest BCUT2D eigenvalue weighted by Gasteiger charge is -2.19. The van der Waals surface area contributed by atoms with Gasteiger partial charge in [-0.1, -0.05) is 143 Å². The number of esters is 1. The Morgan fingerprint density at radius 2 is 1.67 bits per heavy atom. The number of allylic oxidation sites excluding steroid dienone is 1. The first-order valence-electron chi connectivity index (χ1n) is 18.8. The summed E-state index contributed by atoms with van der Waals surface area (Å²) in [5.41, 5.74) is 4.32. The Hall–Kier alpha value is -5.14. The summed E-state index contributed by atoms with van der Waals surface area (Å²) in [7, 11) is 1.73. The van der Waals surface area contributed by atoms with Crippen LogP contribution in [-0.2, 0) is 35.0 Å². The van der Waals surface area contributed by atoms with Gasteiger partial charge in [-0.25, -0.2) is 4.39 Å². The molecule has 1 fully saturated rings. The number of nitriles is 1. The van der Waals surface area contributed by atoms with E-state index in [9.17, 15) is 19.2 Å². The SMILES string of the molecule is CC1(C)C(/C=C(\Cl)c2ccc(Cl)cc2)C1C(=O)OC(C#N)c1ccc(F)c(Oc2ccccc2)c1.CCc1nn(C)c(C(=O)NCc2ccc(C(C)(C)C)cc2)c1Cl. The summed E-state index contributed by atoms with van der Waals surface area (Å²) in [6.45, 7) is 12.9. The van der Waals surface area contributed by atoms with Crippen molar-refractivity contribution in [2.24, 2.45) is 24.3 Å². The van der Waals surface area contributed by atoms with Crippen molar-refractivity contribution in [3.05, 3.63) is 153 Å². The maximum atomic E-state index is 14.3.